The number of carbonyl (C=O) groups excluding carboxylic acids is 2. The largest absolute Gasteiger partial charge is 0.303 e. The minimum absolute atomic E-state index is 0.739. The van der Waals surface area contributed by atoms with Crippen LogP contribution in [-0.2, 0) is 9.59 Å². The van der Waals surface area contributed by atoms with Gasteiger partial charge in [0.2, 0.25) is 0 Å². The Balaban J connectivity index is 0. The molecule has 0 radical (unpaired) electrons. The van der Waals surface area contributed by atoms with Crippen molar-refractivity contribution in [2.75, 3.05) is 0 Å². The fourth-order valence-electron chi connectivity index (χ4n) is 3.69. The zero-order chi connectivity index (χ0) is 23.8. The first-order chi connectivity index (χ1) is 15.8. The molecule has 0 atom stereocenters. The van der Waals surface area contributed by atoms with E-state index < -0.39 is 0 Å². The molecule has 0 aromatic rings. The van der Waals surface area contributed by atoms with E-state index in [4.69, 9.17) is 0 Å². The molecular weight excluding hydrogens is 392 g/mol. The van der Waals surface area contributed by atoms with Gasteiger partial charge in [-0.2, -0.15) is 0 Å². The summed E-state index contributed by atoms with van der Waals surface area (Å²) in [5.74, 6) is 0. The molecule has 0 aromatic heterocycles. The van der Waals surface area contributed by atoms with Gasteiger partial charge in [-0.3, -0.25) is 0 Å². The Kier molecular flexibility index (Phi) is 35.5. The molecule has 0 rings (SSSR count). The summed E-state index contributed by atoms with van der Waals surface area (Å²) in [7, 11) is 0. The lowest BCUT2D eigenvalue weighted by atomic mass is 10.0. The predicted molar refractivity (Wildman–Crippen MR) is 143 cm³/mol. The third kappa shape index (κ3) is 36.2. The minimum atomic E-state index is 0.739. The summed E-state index contributed by atoms with van der Waals surface area (Å²) in [6, 6.07) is 0. The van der Waals surface area contributed by atoms with Gasteiger partial charge in [0.25, 0.3) is 0 Å². The fraction of sp³-hybridized carbons (Fsp3) is 0.800. The zero-order valence-corrected chi connectivity index (χ0v) is 21.8. The first-order valence-electron chi connectivity index (χ1n) is 14.0. The van der Waals surface area contributed by atoms with Gasteiger partial charge in [0.1, 0.15) is 12.6 Å². The summed E-state index contributed by atoms with van der Waals surface area (Å²) in [5.41, 5.74) is 0. The molecule has 0 saturated carbocycles. The third-order valence-electron chi connectivity index (χ3n) is 5.79. The van der Waals surface area contributed by atoms with Gasteiger partial charge >= 0.3 is 0 Å². The molecule has 0 N–H and O–H groups in total. The van der Waals surface area contributed by atoms with Gasteiger partial charge < -0.3 is 9.59 Å². The van der Waals surface area contributed by atoms with Crippen LogP contribution in [0.5, 0.6) is 0 Å². The van der Waals surface area contributed by atoms with Crippen molar-refractivity contribution in [3.05, 3.63) is 24.3 Å². The van der Waals surface area contributed by atoms with Crippen molar-refractivity contribution in [2.24, 2.45) is 0 Å². The van der Waals surface area contributed by atoms with Crippen LogP contribution in [0.2, 0.25) is 0 Å². The van der Waals surface area contributed by atoms with Crippen molar-refractivity contribution in [3.63, 3.8) is 0 Å². The molecule has 0 unspecified atom stereocenters. The molecule has 32 heavy (non-hydrogen) atoms. The van der Waals surface area contributed by atoms with E-state index in [-0.39, 0.29) is 0 Å². The van der Waals surface area contributed by atoms with Gasteiger partial charge in [-0.1, -0.05) is 128 Å². The summed E-state index contributed by atoms with van der Waals surface area (Å²) < 4.78 is 0. The van der Waals surface area contributed by atoms with Crippen LogP contribution in [0.1, 0.15) is 155 Å². The van der Waals surface area contributed by atoms with Crippen LogP contribution in [0.15, 0.2) is 24.3 Å². The maximum Gasteiger partial charge on any atom is 0.119 e. The van der Waals surface area contributed by atoms with Crippen LogP contribution >= 0.6 is 0 Å². The standard InChI is InChI=1S/C16H32O.C14H24O/c1-2-3-4-5-6-7-8-9-10-11-12-13-14-15-16-17;1-2-3-4-5-6-7-8-9-10-11-12-13-14-15/h16H,2-15H2,1H3;2-3,5-6,14H,4,7-13H2,1H3. The summed E-state index contributed by atoms with van der Waals surface area (Å²) in [6.07, 6.45) is 38.5. The normalized spacial score (nSPS) is 11.1. The molecule has 2 nitrogen and oxygen atoms in total. The third-order valence-corrected chi connectivity index (χ3v) is 5.79. The maximum atomic E-state index is 10.1. The van der Waals surface area contributed by atoms with Crippen LogP contribution in [0.4, 0.5) is 0 Å². The molecule has 0 saturated heterocycles. The van der Waals surface area contributed by atoms with Crippen molar-refractivity contribution in [1.82, 2.24) is 0 Å². The summed E-state index contributed by atoms with van der Waals surface area (Å²) in [5, 5.41) is 0. The molecule has 0 spiro atoms. The second-order valence-electron chi connectivity index (χ2n) is 8.99. The fourth-order valence-corrected chi connectivity index (χ4v) is 3.69. The predicted octanol–water partition coefficient (Wildman–Crippen LogP) is 10.1. The number of aldehydes is 2. The molecule has 0 amide bonds. The molecule has 0 fully saturated rings. The highest BCUT2D eigenvalue weighted by atomic mass is 16.1. The Bertz CT molecular complexity index is 398. The van der Waals surface area contributed by atoms with E-state index in [1.54, 1.807) is 0 Å². The van der Waals surface area contributed by atoms with E-state index in [1.807, 2.05) is 6.92 Å². The monoisotopic (exact) mass is 448 g/mol. The van der Waals surface area contributed by atoms with E-state index >= 15 is 0 Å². The highest BCUT2D eigenvalue weighted by Crippen LogP contribution is 2.12. The first kappa shape index (κ1) is 33.0. The topological polar surface area (TPSA) is 34.1 Å². The lowest BCUT2D eigenvalue weighted by Crippen LogP contribution is -1.83. The SMILES string of the molecule is CC=CCC=CCCCCCCCC=O.CCCCCCCCCCCCCCCC=O. The van der Waals surface area contributed by atoms with Gasteiger partial charge in [-0.15, -0.1) is 0 Å². The second-order valence-corrected chi connectivity index (χ2v) is 8.99. The molecule has 0 aromatic carbocycles. The highest BCUT2D eigenvalue weighted by molar-refractivity contribution is 5.49. The molecule has 0 aliphatic carbocycles. The Labute approximate surface area is 201 Å². The van der Waals surface area contributed by atoms with Crippen molar-refractivity contribution < 1.29 is 9.59 Å². The van der Waals surface area contributed by atoms with Crippen LogP contribution in [-0.4, -0.2) is 12.6 Å². The second kappa shape index (κ2) is 34.4. The Morgan fingerprint density at radius 3 is 1.19 bits per heavy atom. The van der Waals surface area contributed by atoms with Crippen LogP contribution < -0.4 is 0 Å². The Morgan fingerprint density at radius 2 is 0.812 bits per heavy atom. The molecule has 0 aliphatic rings. The first-order valence-corrected chi connectivity index (χ1v) is 14.0. The quantitative estimate of drug-likeness (QED) is 0.0835. The number of allylic oxidation sites excluding steroid dienone is 4. The number of hydrogen-bond acceptors (Lipinski definition) is 2. The van der Waals surface area contributed by atoms with E-state index in [0.717, 1.165) is 44.7 Å². The minimum Gasteiger partial charge on any atom is -0.303 e. The van der Waals surface area contributed by atoms with Gasteiger partial charge in [-0.05, 0) is 39.0 Å². The van der Waals surface area contributed by atoms with E-state index in [1.165, 1.54) is 109 Å². The number of rotatable bonds is 24. The van der Waals surface area contributed by atoms with Gasteiger partial charge in [0.15, 0.2) is 0 Å². The summed E-state index contributed by atoms with van der Waals surface area (Å²) >= 11 is 0. The smallest absolute Gasteiger partial charge is 0.119 e. The van der Waals surface area contributed by atoms with Crippen LogP contribution in [0, 0.1) is 0 Å². The van der Waals surface area contributed by atoms with Crippen molar-refractivity contribution in [3.8, 4) is 0 Å². The van der Waals surface area contributed by atoms with Gasteiger partial charge in [-0.25, -0.2) is 0 Å². The van der Waals surface area contributed by atoms with Gasteiger partial charge in [0.05, 0.1) is 0 Å². The summed E-state index contributed by atoms with van der Waals surface area (Å²) in [4.78, 5) is 20.2. The molecule has 0 heterocycles. The summed E-state index contributed by atoms with van der Waals surface area (Å²) in [6.45, 7) is 4.32. The molecular formula is C30H56O2. The number of hydrogen-bond donors (Lipinski definition) is 0. The molecule has 2 heteroatoms. The molecule has 188 valence electrons. The van der Waals surface area contributed by atoms with E-state index in [0.29, 0.717) is 0 Å². The molecule has 0 bridgehead atoms. The molecule has 0 aliphatic heterocycles. The lowest BCUT2D eigenvalue weighted by molar-refractivity contribution is -0.108. The van der Waals surface area contributed by atoms with Crippen LogP contribution in [0.25, 0.3) is 0 Å². The number of carbonyl (C=O) groups is 2. The van der Waals surface area contributed by atoms with E-state index in [9.17, 15) is 9.59 Å². The van der Waals surface area contributed by atoms with Crippen molar-refractivity contribution >= 4 is 12.6 Å². The van der Waals surface area contributed by atoms with Crippen molar-refractivity contribution in [1.29, 1.82) is 0 Å². The Hall–Kier alpha value is -1.18. The maximum absolute atomic E-state index is 10.1. The van der Waals surface area contributed by atoms with Crippen molar-refractivity contribution in [2.45, 2.75) is 155 Å². The lowest BCUT2D eigenvalue weighted by Gasteiger charge is -2.02. The van der Waals surface area contributed by atoms with Gasteiger partial charge in [0, 0.05) is 12.8 Å². The van der Waals surface area contributed by atoms with Crippen LogP contribution in [0.3, 0.4) is 0 Å². The Morgan fingerprint density at radius 1 is 0.438 bits per heavy atom. The average Bonchev–Trinajstić information content (AvgIpc) is 2.81. The van der Waals surface area contributed by atoms with E-state index in [2.05, 4.69) is 31.2 Å². The average molecular weight is 449 g/mol. The highest BCUT2D eigenvalue weighted by Gasteiger charge is 1.93. The zero-order valence-electron chi connectivity index (χ0n) is 21.8. The number of unbranched alkanes of at least 4 members (excludes halogenated alkanes) is 19.